The molecule has 0 spiro atoms. The maximum absolute atomic E-state index is 11.6. The van der Waals surface area contributed by atoms with Crippen molar-refractivity contribution in [2.24, 2.45) is 0 Å². The number of nitrogens with zero attached hydrogens (tertiary/aromatic N) is 2. The molecule has 0 bridgehead atoms. The molecule has 0 radical (unpaired) electrons. The topological polar surface area (TPSA) is 59.0 Å². The molecular weight excluding hydrogens is 228 g/mol. The zero-order valence-corrected chi connectivity index (χ0v) is 12.0. The summed E-state index contributed by atoms with van der Waals surface area (Å²) in [6, 6.07) is 0.192. The lowest BCUT2D eigenvalue weighted by Gasteiger charge is -2.09. The molecule has 1 amide bonds. The summed E-state index contributed by atoms with van der Waals surface area (Å²) in [6.45, 7) is 9.43. The molecule has 0 aliphatic carbocycles. The van der Waals surface area contributed by atoms with E-state index in [1.54, 1.807) is 0 Å². The van der Waals surface area contributed by atoms with Crippen molar-refractivity contribution < 1.29 is 4.79 Å². The summed E-state index contributed by atoms with van der Waals surface area (Å²) in [5, 5.41) is 10.5. The van der Waals surface area contributed by atoms with Crippen LogP contribution in [-0.4, -0.2) is 28.8 Å². The van der Waals surface area contributed by atoms with Crippen molar-refractivity contribution in [2.75, 3.05) is 7.05 Å². The average molecular weight is 252 g/mol. The van der Waals surface area contributed by atoms with Gasteiger partial charge in [0.15, 0.2) is 0 Å². The van der Waals surface area contributed by atoms with Crippen LogP contribution in [0.3, 0.4) is 0 Å². The highest BCUT2D eigenvalue weighted by Gasteiger charge is 2.11. The van der Waals surface area contributed by atoms with E-state index in [0.717, 1.165) is 17.9 Å². The Kier molecular flexibility index (Phi) is 5.34. The molecule has 5 nitrogen and oxygen atoms in total. The number of aryl methyl sites for hydroxylation is 2. The van der Waals surface area contributed by atoms with Crippen LogP contribution in [0.4, 0.5) is 0 Å². The standard InChI is InChI=1S/C13H24N4O/c1-9(2)15-13(18)6-7-17-11(4)12(8-14-5)10(3)16-17/h9,14H,6-8H2,1-5H3,(H,15,18). The van der Waals surface area contributed by atoms with E-state index in [2.05, 4.69) is 15.7 Å². The molecule has 1 aromatic heterocycles. The number of rotatable bonds is 6. The first-order valence-corrected chi connectivity index (χ1v) is 6.42. The maximum atomic E-state index is 11.6. The van der Waals surface area contributed by atoms with Crippen molar-refractivity contribution in [1.82, 2.24) is 20.4 Å². The predicted octanol–water partition coefficient (Wildman–Crippen LogP) is 1.13. The van der Waals surface area contributed by atoms with Gasteiger partial charge in [-0.05, 0) is 34.7 Å². The summed E-state index contributed by atoms with van der Waals surface area (Å²) in [6.07, 6.45) is 0.471. The Balaban J connectivity index is 2.63. The highest BCUT2D eigenvalue weighted by atomic mass is 16.1. The van der Waals surface area contributed by atoms with E-state index in [-0.39, 0.29) is 11.9 Å². The largest absolute Gasteiger partial charge is 0.354 e. The third kappa shape index (κ3) is 3.84. The van der Waals surface area contributed by atoms with E-state index >= 15 is 0 Å². The summed E-state index contributed by atoms with van der Waals surface area (Å²) in [7, 11) is 1.92. The summed E-state index contributed by atoms with van der Waals surface area (Å²) >= 11 is 0. The van der Waals surface area contributed by atoms with Gasteiger partial charge < -0.3 is 10.6 Å². The predicted molar refractivity (Wildman–Crippen MR) is 72.4 cm³/mol. The van der Waals surface area contributed by atoms with E-state index in [4.69, 9.17) is 0 Å². The summed E-state index contributed by atoms with van der Waals surface area (Å²) < 4.78 is 1.92. The first-order chi connectivity index (χ1) is 8.45. The molecule has 5 heteroatoms. The summed E-state index contributed by atoms with van der Waals surface area (Å²) in [5.74, 6) is 0.0766. The zero-order valence-electron chi connectivity index (χ0n) is 12.0. The number of hydrogen-bond donors (Lipinski definition) is 2. The molecule has 0 saturated carbocycles. The third-order valence-electron chi connectivity index (χ3n) is 2.89. The Hall–Kier alpha value is -1.36. The van der Waals surface area contributed by atoms with Gasteiger partial charge in [0.2, 0.25) is 5.91 Å². The van der Waals surface area contributed by atoms with E-state index in [1.165, 1.54) is 5.56 Å². The molecule has 0 aromatic carbocycles. The second-order valence-corrected chi connectivity index (χ2v) is 4.88. The fraction of sp³-hybridized carbons (Fsp3) is 0.692. The van der Waals surface area contributed by atoms with Gasteiger partial charge in [0.25, 0.3) is 0 Å². The molecule has 0 atom stereocenters. The monoisotopic (exact) mass is 252 g/mol. The molecule has 0 fully saturated rings. The molecular formula is C13H24N4O. The second kappa shape index (κ2) is 6.54. The lowest BCUT2D eigenvalue weighted by molar-refractivity contribution is -0.121. The van der Waals surface area contributed by atoms with Crippen LogP contribution in [0.25, 0.3) is 0 Å². The van der Waals surface area contributed by atoms with E-state index < -0.39 is 0 Å². The molecule has 0 unspecified atom stereocenters. The van der Waals surface area contributed by atoms with Crippen molar-refractivity contribution in [2.45, 2.75) is 53.2 Å². The summed E-state index contributed by atoms with van der Waals surface area (Å²) in [5.41, 5.74) is 3.40. The molecule has 1 aromatic rings. The fourth-order valence-electron chi connectivity index (χ4n) is 1.99. The van der Waals surface area contributed by atoms with E-state index in [9.17, 15) is 4.79 Å². The lowest BCUT2D eigenvalue weighted by Crippen LogP contribution is -2.30. The number of amides is 1. The summed E-state index contributed by atoms with van der Waals surface area (Å²) in [4.78, 5) is 11.6. The Bertz CT molecular complexity index is 409. The Labute approximate surface area is 109 Å². The smallest absolute Gasteiger partial charge is 0.222 e. The minimum atomic E-state index is 0.0766. The maximum Gasteiger partial charge on any atom is 0.222 e. The van der Waals surface area contributed by atoms with Crippen LogP contribution in [0.1, 0.15) is 37.2 Å². The third-order valence-corrected chi connectivity index (χ3v) is 2.89. The van der Waals surface area contributed by atoms with Crippen LogP contribution in [0.15, 0.2) is 0 Å². The number of hydrogen-bond acceptors (Lipinski definition) is 3. The Morgan fingerprint density at radius 2 is 2.06 bits per heavy atom. The zero-order chi connectivity index (χ0) is 13.7. The van der Waals surface area contributed by atoms with E-state index in [0.29, 0.717) is 13.0 Å². The first-order valence-electron chi connectivity index (χ1n) is 6.42. The normalized spacial score (nSPS) is 11.0. The number of carbonyl (C=O) groups is 1. The molecule has 2 N–H and O–H groups in total. The highest BCUT2D eigenvalue weighted by molar-refractivity contribution is 5.76. The Morgan fingerprint density at radius 1 is 1.39 bits per heavy atom. The fourth-order valence-corrected chi connectivity index (χ4v) is 1.99. The minimum absolute atomic E-state index is 0.0766. The lowest BCUT2D eigenvalue weighted by atomic mass is 10.2. The average Bonchev–Trinajstić information content (AvgIpc) is 2.53. The van der Waals surface area contributed by atoms with Crippen molar-refractivity contribution >= 4 is 5.91 Å². The van der Waals surface area contributed by atoms with Gasteiger partial charge in [-0.2, -0.15) is 5.10 Å². The van der Waals surface area contributed by atoms with Gasteiger partial charge in [-0.25, -0.2) is 0 Å². The van der Waals surface area contributed by atoms with Crippen molar-refractivity contribution in [3.63, 3.8) is 0 Å². The molecule has 1 rings (SSSR count). The minimum Gasteiger partial charge on any atom is -0.354 e. The van der Waals surface area contributed by atoms with Gasteiger partial charge in [-0.15, -0.1) is 0 Å². The van der Waals surface area contributed by atoms with E-state index in [1.807, 2.05) is 39.4 Å². The van der Waals surface area contributed by atoms with Crippen LogP contribution in [0.5, 0.6) is 0 Å². The number of carbonyl (C=O) groups excluding carboxylic acids is 1. The molecule has 0 aliphatic heterocycles. The van der Waals surface area contributed by atoms with Gasteiger partial charge >= 0.3 is 0 Å². The van der Waals surface area contributed by atoms with Crippen LogP contribution in [-0.2, 0) is 17.9 Å². The van der Waals surface area contributed by atoms with Gasteiger partial charge in [0, 0.05) is 36.8 Å². The van der Waals surface area contributed by atoms with Gasteiger partial charge in [0.05, 0.1) is 5.69 Å². The van der Waals surface area contributed by atoms with Crippen molar-refractivity contribution in [3.05, 3.63) is 17.0 Å². The van der Waals surface area contributed by atoms with Crippen LogP contribution < -0.4 is 10.6 Å². The number of aromatic nitrogens is 2. The molecule has 102 valence electrons. The highest BCUT2D eigenvalue weighted by Crippen LogP contribution is 2.12. The Morgan fingerprint density at radius 3 is 2.61 bits per heavy atom. The molecule has 0 saturated heterocycles. The van der Waals surface area contributed by atoms with Gasteiger partial charge in [0.1, 0.15) is 0 Å². The molecule has 18 heavy (non-hydrogen) atoms. The van der Waals surface area contributed by atoms with Crippen molar-refractivity contribution in [1.29, 1.82) is 0 Å². The first kappa shape index (κ1) is 14.7. The quantitative estimate of drug-likeness (QED) is 0.798. The molecule has 1 heterocycles. The molecule has 0 aliphatic rings. The van der Waals surface area contributed by atoms with Crippen molar-refractivity contribution in [3.8, 4) is 0 Å². The van der Waals surface area contributed by atoms with Gasteiger partial charge in [-0.1, -0.05) is 0 Å². The number of nitrogens with one attached hydrogen (secondary N) is 2. The second-order valence-electron chi connectivity index (χ2n) is 4.88. The van der Waals surface area contributed by atoms with Gasteiger partial charge in [-0.3, -0.25) is 9.48 Å². The van der Waals surface area contributed by atoms with Crippen LogP contribution >= 0.6 is 0 Å². The SMILES string of the molecule is CNCc1c(C)nn(CCC(=O)NC(C)C)c1C. The van der Waals surface area contributed by atoms with Crippen LogP contribution in [0.2, 0.25) is 0 Å². The van der Waals surface area contributed by atoms with Crippen LogP contribution in [0, 0.1) is 13.8 Å².